The third-order valence-electron chi connectivity index (χ3n) is 3.53. The highest BCUT2D eigenvalue weighted by atomic mass is 32.1. The van der Waals surface area contributed by atoms with Crippen LogP contribution in [0.4, 0.5) is 0 Å². The molecule has 0 amide bonds. The number of thiocarbonyl (C=S) groups is 1. The monoisotopic (exact) mass is 263 g/mol. The van der Waals surface area contributed by atoms with E-state index in [4.69, 9.17) is 12.2 Å². The zero-order valence-electron chi connectivity index (χ0n) is 11.1. The minimum atomic E-state index is 0.866. The lowest BCUT2D eigenvalue weighted by molar-refractivity contribution is 0.174. The molecule has 98 valence electrons. The van der Waals surface area contributed by atoms with Crippen molar-refractivity contribution < 1.29 is 0 Å². The van der Waals surface area contributed by atoms with Gasteiger partial charge in [-0.25, -0.2) is 0 Å². The molecular weight excluding hydrogens is 242 g/mol. The van der Waals surface area contributed by atoms with Gasteiger partial charge in [0.1, 0.15) is 0 Å². The first kappa shape index (κ1) is 13.3. The van der Waals surface area contributed by atoms with E-state index in [0.717, 1.165) is 37.8 Å². The number of benzene rings is 1. The maximum atomic E-state index is 5.26. The Morgan fingerprint density at radius 1 is 1.22 bits per heavy atom. The van der Waals surface area contributed by atoms with E-state index in [1.165, 1.54) is 11.1 Å². The molecule has 0 saturated carbocycles. The summed E-state index contributed by atoms with van der Waals surface area (Å²) >= 11 is 5.26. The van der Waals surface area contributed by atoms with Crippen LogP contribution in [-0.4, -0.2) is 48.1 Å². The number of piperazine rings is 1. The molecule has 1 saturated heterocycles. The summed E-state index contributed by atoms with van der Waals surface area (Å²) in [6, 6.07) is 8.62. The Balaban J connectivity index is 1.87. The number of nitrogens with zero attached hydrogens (tertiary/aromatic N) is 2. The smallest absolute Gasteiger partial charge is 0.168 e. The van der Waals surface area contributed by atoms with E-state index in [1.54, 1.807) is 0 Å². The molecule has 4 heteroatoms. The van der Waals surface area contributed by atoms with Crippen LogP contribution in [0.3, 0.4) is 0 Å². The molecule has 1 aliphatic heterocycles. The van der Waals surface area contributed by atoms with Gasteiger partial charge < -0.3 is 10.2 Å². The van der Waals surface area contributed by atoms with E-state index >= 15 is 0 Å². The Kier molecular flexibility index (Phi) is 4.55. The third-order valence-corrected chi connectivity index (χ3v) is 3.99. The van der Waals surface area contributed by atoms with Crippen LogP contribution >= 0.6 is 12.2 Å². The number of nitrogens with one attached hydrogen (secondary N) is 1. The topological polar surface area (TPSA) is 18.5 Å². The first-order valence-electron chi connectivity index (χ1n) is 6.44. The fraction of sp³-hybridized carbons (Fsp3) is 0.500. The van der Waals surface area contributed by atoms with Gasteiger partial charge in [0.15, 0.2) is 5.11 Å². The van der Waals surface area contributed by atoms with Gasteiger partial charge in [0.05, 0.1) is 0 Å². The van der Waals surface area contributed by atoms with Gasteiger partial charge in [0.2, 0.25) is 0 Å². The van der Waals surface area contributed by atoms with E-state index in [2.05, 4.69) is 46.3 Å². The van der Waals surface area contributed by atoms with Crippen LogP contribution in [0.5, 0.6) is 0 Å². The summed E-state index contributed by atoms with van der Waals surface area (Å²) in [5.74, 6) is 0. The van der Waals surface area contributed by atoms with E-state index in [0.29, 0.717) is 0 Å². The molecular formula is C14H21N3S. The van der Waals surface area contributed by atoms with Gasteiger partial charge in [-0.1, -0.05) is 24.3 Å². The molecule has 1 N–H and O–H groups in total. The SMILES string of the molecule is CNC(=S)N1CCN(Cc2ccccc2C)CC1. The van der Waals surface area contributed by atoms with Gasteiger partial charge in [-0.2, -0.15) is 0 Å². The first-order chi connectivity index (χ1) is 8.70. The molecule has 18 heavy (non-hydrogen) atoms. The molecule has 1 aromatic rings. The highest BCUT2D eigenvalue weighted by Gasteiger charge is 2.18. The zero-order chi connectivity index (χ0) is 13.0. The van der Waals surface area contributed by atoms with E-state index in [1.807, 2.05) is 7.05 Å². The number of aryl methyl sites for hydroxylation is 1. The molecule has 2 rings (SSSR count). The summed E-state index contributed by atoms with van der Waals surface area (Å²) in [7, 11) is 1.89. The van der Waals surface area contributed by atoms with Gasteiger partial charge in [-0.15, -0.1) is 0 Å². The molecule has 0 spiro atoms. The van der Waals surface area contributed by atoms with Gasteiger partial charge in [0.25, 0.3) is 0 Å². The van der Waals surface area contributed by atoms with Crippen molar-refractivity contribution in [3.05, 3.63) is 35.4 Å². The Hall–Kier alpha value is -1.13. The van der Waals surface area contributed by atoms with E-state index in [9.17, 15) is 0 Å². The first-order valence-corrected chi connectivity index (χ1v) is 6.85. The Bertz CT molecular complexity index is 411. The molecule has 0 unspecified atom stereocenters. The highest BCUT2D eigenvalue weighted by Crippen LogP contribution is 2.12. The summed E-state index contributed by atoms with van der Waals surface area (Å²) < 4.78 is 0. The summed E-state index contributed by atoms with van der Waals surface area (Å²) in [6.45, 7) is 7.43. The lowest BCUT2D eigenvalue weighted by atomic mass is 10.1. The van der Waals surface area contributed by atoms with Crippen molar-refractivity contribution in [1.82, 2.24) is 15.1 Å². The number of hydrogen-bond donors (Lipinski definition) is 1. The van der Waals surface area contributed by atoms with Crippen LogP contribution in [0.15, 0.2) is 24.3 Å². The van der Waals surface area contributed by atoms with Crippen molar-refractivity contribution in [3.63, 3.8) is 0 Å². The minimum Gasteiger partial charge on any atom is -0.366 e. The van der Waals surface area contributed by atoms with Crippen LogP contribution in [0.1, 0.15) is 11.1 Å². The molecule has 1 heterocycles. The van der Waals surface area contributed by atoms with E-state index in [-0.39, 0.29) is 0 Å². The summed E-state index contributed by atoms with van der Waals surface area (Å²) in [5, 5.41) is 3.91. The normalized spacial score (nSPS) is 16.7. The second kappa shape index (κ2) is 6.16. The second-order valence-electron chi connectivity index (χ2n) is 4.74. The standard InChI is InChI=1S/C14H21N3S/c1-12-5-3-4-6-13(12)11-16-7-9-17(10-8-16)14(18)15-2/h3-6H,7-11H2,1-2H3,(H,15,18). The van der Waals surface area contributed by atoms with Crippen molar-refractivity contribution in [2.75, 3.05) is 33.2 Å². The average molecular weight is 263 g/mol. The molecule has 0 bridgehead atoms. The fourth-order valence-corrected chi connectivity index (χ4v) is 2.48. The van der Waals surface area contributed by atoms with Crippen molar-refractivity contribution in [2.45, 2.75) is 13.5 Å². The lowest BCUT2D eigenvalue weighted by Gasteiger charge is -2.36. The Morgan fingerprint density at radius 3 is 2.50 bits per heavy atom. The summed E-state index contributed by atoms with van der Waals surface area (Å²) in [5.41, 5.74) is 2.81. The van der Waals surface area contributed by atoms with Crippen molar-refractivity contribution in [2.24, 2.45) is 0 Å². The predicted molar refractivity (Wildman–Crippen MR) is 79.7 cm³/mol. The fourth-order valence-electron chi connectivity index (χ4n) is 2.30. The molecule has 3 nitrogen and oxygen atoms in total. The lowest BCUT2D eigenvalue weighted by Crippen LogP contribution is -2.50. The zero-order valence-corrected chi connectivity index (χ0v) is 12.0. The molecule has 0 radical (unpaired) electrons. The van der Waals surface area contributed by atoms with Gasteiger partial charge in [0, 0.05) is 39.8 Å². The average Bonchev–Trinajstić information content (AvgIpc) is 2.41. The second-order valence-corrected chi connectivity index (χ2v) is 5.13. The maximum absolute atomic E-state index is 5.26. The molecule has 0 aromatic heterocycles. The largest absolute Gasteiger partial charge is 0.366 e. The van der Waals surface area contributed by atoms with Gasteiger partial charge >= 0.3 is 0 Å². The van der Waals surface area contributed by atoms with Crippen molar-refractivity contribution in [3.8, 4) is 0 Å². The van der Waals surface area contributed by atoms with E-state index < -0.39 is 0 Å². The highest BCUT2D eigenvalue weighted by molar-refractivity contribution is 7.80. The van der Waals surface area contributed by atoms with Gasteiger partial charge in [-0.3, -0.25) is 4.90 Å². The van der Waals surface area contributed by atoms with Crippen LogP contribution in [-0.2, 0) is 6.54 Å². The van der Waals surface area contributed by atoms with Crippen LogP contribution in [0.25, 0.3) is 0 Å². The Morgan fingerprint density at radius 2 is 1.89 bits per heavy atom. The summed E-state index contributed by atoms with van der Waals surface area (Å²) in [6.07, 6.45) is 0. The molecule has 1 aliphatic rings. The molecule has 0 aliphatic carbocycles. The molecule has 1 fully saturated rings. The number of hydrogen-bond acceptors (Lipinski definition) is 2. The van der Waals surface area contributed by atoms with Crippen molar-refractivity contribution >= 4 is 17.3 Å². The minimum absolute atomic E-state index is 0.866. The van der Waals surface area contributed by atoms with Crippen LogP contribution < -0.4 is 5.32 Å². The molecule has 1 aromatic carbocycles. The maximum Gasteiger partial charge on any atom is 0.168 e. The van der Waals surface area contributed by atoms with Crippen LogP contribution in [0.2, 0.25) is 0 Å². The molecule has 0 atom stereocenters. The third kappa shape index (κ3) is 3.21. The summed E-state index contributed by atoms with van der Waals surface area (Å²) in [4.78, 5) is 4.74. The van der Waals surface area contributed by atoms with Gasteiger partial charge in [-0.05, 0) is 30.3 Å². The Labute approximate surface area is 115 Å². The van der Waals surface area contributed by atoms with Crippen LogP contribution in [0, 0.1) is 6.92 Å². The predicted octanol–water partition coefficient (Wildman–Crippen LogP) is 1.62. The van der Waals surface area contributed by atoms with Crippen molar-refractivity contribution in [1.29, 1.82) is 0 Å². The number of rotatable bonds is 2. The quantitative estimate of drug-likeness (QED) is 0.817.